The fraction of sp³-hybridized carbons (Fsp3) is 0.480. The van der Waals surface area contributed by atoms with Crippen LogP contribution in [0.15, 0.2) is 60.7 Å². The second-order valence-corrected chi connectivity index (χ2v) is 14.4. The Hall–Kier alpha value is -1.83. The zero-order valence-corrected chi connectivity index (χ0v) is 20.2. The van der Waals surface area contributed by atoms with E-state index >= 15 is 0 Å². The Bertz CT molecular complexity index is 898. The van der Waals surface area contributed by atoms with Gasteiger partial charge in [0.2, 0.25) is 5.78 Å². The summed E-state index contributed by atoms with van der Waals surface area (Å²) in [5.41, 5.74) is -1.13. The van der Waals surface area contributed by atoms with E-state index in [1.165, 1.54) is 0 Å². The molecule has 2 aromatic carbocycles. The zero-order chi connectivity index (χ0) is 22.5. The molecule has 0 saturated carbocycles. The minimum Gasteiger partial charge on any atom is -0.404 e. The van der Waals surface area contributed by atoms with Gasteiger partial charge in [-0.2, -0.15) is 0 Å². The summed E-state index contributed by atoms with van der Waals surface area (Å²) in [4.78, 5) is 13.2. The van der Waals surface area contributed by atoms with E-state index < -0.39 is 32.1 Å². The van der Waals surface area contributed by atoms with E-state index in [9.17, 15) is 4.79 Å². The predicted octanol–water partition coefficient (Wildman–Crippen LogP) is 3.40. The van der Waals surface area contributed by atoms with E-state index in [-0.39, 0.29) is 17.4 Å². The Labute approximate surface area is 185 Å². The SMILES string of the molecule is CC1(C)O[C@H]2O[C@](C)(CO[Si](c3ccccc3)(c3ccccc3)C(C)(C)C)C(=O)[C@H]2O1. The molecule has 2 fully saturated rings. The second-order valence-electron chi connectivity index (χ2n) is 10.1. The first-order chi connectivity index (χ1) is 14.5. The third-order valence-electron chi connectivity index (χ3n) is 6.19. The van der Waals surface area contributed by atoms with Crippen LogP contribution >= 0.6 is 0 Å². The average molecular weight is 441 g/mol. The molecule has 0 aromatic heterocycles. The molecule has 5 nitrogen and oxygen atoms in total. The summed E-state index contributed by atoms with van der Waals surface area (Å²) in [6, 6.07) is 20.7. The van der Waals surface area contributed by atoms with Crippen molar-refractivity contribution in [1.29, 1.82) is 0 Å². The van der Waals surface area contributed by atoms with Crippen molar-refractivity contribution in [1.82, 2.24) is 0 Å². The van der Waals surface area contributed by atoms with Gasteiger partial charge in [0.15, 0.2) is 23.8 Å². The number of Topliss-reactive ketones (excluding diaryl/α,β-unsaturated/α-hetero) is 1. The number of fused-ring (bicyclic) bond motifs is 1. The molecule has 2 aliphatic heterocycles. The maximum absolute atomic E-state index is 13.2. The van der Waals surface area contributed by atoms with Gasteiger partial charge in [-0.15, -0.1) is 0 Å². The molecule has 3 atom stereocenters. The smallest absolute Gasteiger partial charge is 0.261 e. The first-order valence-electron chi connectivity index (χ1n) is 10.8. The molecule has 6 heteroatoms. The largest absolute Gasteiger partial charge is 0.404 e. The first kappa shape index (κ1) is 22.4. The van der Waals surface area contributed by atoms with Crippen LogP contribution in [0.3, 0.4) is 0 Å². The quantitative estimate of drug-likeness (QED) is 0.667. The molecule has 2 heterocycles. The average Bonchev–Trinajstić information content (AvgIpc) is 3.12. The van der Waals surface area contributed by atoms with Crippen LogP contribution in [-0.4, -0.2) is 44.5 Å². The van der Waals surface area contributed by atoms with Crippen LogP contribution < -0.4 is 10.4 Å². The van der Waals surface area contributed by atoms with Crippen LogP contribution in [0.5, 0.6) is 0 Å². The fourth-order valence-corrected chi connectivity index (χ4v) is 9.37. The number of carbonyl (C=O) groups excluding carboxylic acids is 1. The molecule has 4 rings (SSSR count). The lowest BCUT2D eigenvalue weighted by molar-refractivity contribution is -0.223. The van der Waals surface area contributed by atoms with E-state index in [0.29, 0.717) is 0 Å². The number of hydrogen-bond donors (Lipinski definition) is 0. The highest BCUT2D eigenvalue weighted by Crippen LogP contribution is 2.42. The van der Waals surface area contributed by atoms with Crippen molar-refractivity contribution in [3.05, 3.63) is 60.7 Å². The van der Waals surface area contributed by atoms with E-state index in [2.05, 4.69) is 45.0 Å². The number of rotatable bonds is 5. The van der Waals surface area contributed by atoms with Crippen LogP contribution in [0.25, 0.3) is 0 Å². The van der Waals surface area contributed by atoms with Gasteiger partial charge in [0.05, 0.1) is 6.61 Å². The Morgan fingerprint density at radius 2 is 1.39 bits per heavy atom. The third-order valence-corrected chi connectivity index (χ3v) is 11.2. The molecule has 0 spiro atoms. The van der Waals surface area contributed by atoms with E-state index in [1.807, 2.05) is 36.4 Å². The molecular weight excluding hydrogens is 408 g/mol. The van der Waals surface area contributed by atoms with Gasteiger partial charge < -0.3 is 18.6 Å². The Kier molecular flexibility index (Phi) is 5.51. The summed E-state index contributed by atoms with van der Waals surface area (Å²) in [5, 5.41) is 2.15. The van der Waals surface area contributed by atoms with Gasteiger partial charge >= 0.3 is 0 Å². The predicted molar refractivity (Wildman–Crippen MR) is 122 cm³/mol. The van der Waals surface area contributed by atoms with Gasteiger partial charge in [0.1, 0.15) is 0 Å². The molecule has 2 saturated heterocycles. The maximum atomic E-state index is 13.2. The minimum atomic E-state index is -2.77. The third kappa shape index (κ3) is 3.81. The van der Waals surface area contributed by atoms with Crippen molar-refractivity contribution >= 4 is 24.5 Å². The van der Waals surface area contributed by atoms with E-state index in [1.54, 1.807) is 20.8 Å². The number of benzene rings is 2. The van der Waals surface area contributed by atoms with Gasteiger partial charge in [-0.1, -0.05) is 81.4 Å². The summed E-state index contributed by atoms with van der Waals surface area (Å²) in [6.07, 6.45) is -1.42. The van der Waals surface area contributed by atoms with Crippen LogP contribution in [0.1, 0.15) is 41.5 Å². The summed E-state index contributed by atoms with van der Waals surface area (Å²) < 4.78 is 24.6. The Morgan fingerprint density at radius 3 is 1.84 bits per heavy atom. The molecule has 31 heavy (non-hydrogen) atoms. The Balaban J connectivity index is 1.71. The van der Waals surface area contributed by atoms with Crippen LogP contribution in [0, 0.1) is 0 Å². The summed E-state index contributed by atoms with van der Waals surface area (Å²) in [7, 11) is -2.77. The number of ketones is 1. The van der Waals surface area contributed by atoms with E-state index in [4.69, 9.17) is 18.6 Å². The highest BCUT2D eigenvalue weighted by Gasteiger charge is 2.61. The molecule has 0 amide bonds. The topological polar surface area (TPSA) is 54.0 Å². The highest BCUT2D eigenvalue weighted by atomic mass is 28.4. The van der Waals surface area contributed by atoms with Crippen LogP contribution in [0.4, 0.5) is 0 Å². The fourth-order valence-electron chi connectivity index (χ4n) is 4.72. The molecule has 166 valence electrons. The van der Waals surface area contributed by atoms with Gasteiger partial charge in [0, 0.05) is 0 Å². The maximum Gasteiger partial charge on any atom is 0.261 e. The summed E-state index contributed by atoms with van der Waals surface area (Å²) in [6.45, 7) is 12.1. The van der Waals surface area contributed by atoms with Crippen molar-refractivity contribution in [2.45, 2.75) is 70.4 Å². The molecule has 0 bridgehead atoms. The molecule has 2 aromatic rings. The molecule has 0 aliphatic carbocycles. The van der Waals surface area contributed by atoms with E-state index in [0.717, 1.165) is 10.4 Å². The normalized spacial score (nSPS) is 28.0. The standard InChI is InChI=1S/C25H32O5Si/c1-23(2,3)31(18-13-9-7-10-14-18,19-15-11-8-12-16-19)27-17-25(6)21(26)20-22(30-25)29-24(4,5)28-20/h7-16,20,22H,17H2,1-6H3/t20-,22+,25-/m1/s1. The Morgan fingerprint density at radius 1 is 0.871 bits per heavy atom. The lowest BCUT2D eigenvalue weighted by atomic mass is 10.0. The van der Waals surface area contributed by atoms with Crippen molar-refractivity contribution < 1.29 is 23.4 Å². The molecule has 0 N–H and O–H groups in total. The van der Waals surface area contributed by atoms with Crippen molar-refractivity contribution in [2.24, 2.45) is 0 Å². The molecule has 0 radical (unpaired) electrons. The van der Waals surface area contributed by atoms with Crippen LogP contribution in [0.2, 0.25) is 5.04 Å². The monoisotopic (exact) mass is 440 g/mol. The molecule has 2 aliphatic rings. The molecule has 0 unspecified atom stereocenters. The van der Waals surface area contributed by atoms with Crippen molar-refractivity contribution in [2.75, 3.05) is 6.61 Å². The number of hydrogen-bond acceptors (Lipinski definition) is 5. The first-order valence-corrected chi connectivity index (χ1v) is 12.7. The van der Waals surface area contributed by atoms with Crippen molar-refractivity contribution in [3.8, 4) is 0 Å². The number of carbonyl (C=O) groups is 1. The van der Waals surface area contributed by atoms with Gasteiger partial charge in [0.25, 0.3) is 8.32 Å². The zero-order valence-electron chi connectivity index (χ0n) is 19.2. The summed E-state index contributed by atoms with van der Waals surface area (Å²) >= 11 is 0. The lowest BCUT2D eigenvalue weighted by Crippen LogP contribution is -2.67. The highest BCUT2D eigenvalue weighted by molar-refractivity contribution is 6.99. The second kappa shape index (κ2) is 7.64. The molecular formula is C25H32O5Si. The van der Waals surface area contributed by atoms with Crippen molar-refractivity contribution in [3.63, 3.8) is 0 Å². The van der Waals surface area contributed by atoms with Crippen LogP contribution in [-0.2, 0) is 23.4 Å². The lowest BCUT2D eigenvalue weighted by Gasteiger charge is -2.44. The van der Waals surface area contributed by atoms with Gasteiger partial charge in [-0.05, 0) is 36.2 Å². The number of ether oxygens (including phenoxy) is 3. The van der Waals surface area contributed by atoms with Gasteiger partial charge in [-0.3, -0.25) is 4.79 Å². The van der Waals surface area contributed by atoms with Gasteiger partial charge in [-0.25, -0.2) is 0 Å². The minimum absolute atomic E-state index is 0.124. The summed E-state index contributed by atoms with van der Waals surface area (Å²) in [5.74, 6) is -0.952.